The van der Waals surface area contributed by atoms with Gasteiger partial charge in [0.1, 0.15) is 0 Å². The van der Waals surface area contributed by atoms with Gasteiger partial charge in [0.25, 0.3) is 0 Å². The maximum Gasteiger partial charge on any atom is 0.0978 e. The summed E-state index contributed by atoms with van der Waals surface area (Å²) in [5, 5.41) is 2.12. The fraction of sp³-hybridized carbons (Fsp3) is 0. The van der Waals surface area contributed by atoms with E-state index in [-0.39, 0.29) is 0 Å². The lowest BCUT2D eigenvalue weighted by molar-refractivity contribution is 1.29. The van der Waals surface area contributed by atoms with Crippen LogP contribution in [-0.2, 0) is 0 Å². The Morgan fingerprint density at radius 2 is 0.816 bits per heavy atom. The molecule has 0 saturated carbocycles. The Morgan fingerprint density at radius 3 is 1.21 bits per heavy atom. The molecule has 0 saturated heterocycles. The normalized spacial score (nSPS) is 11.2. The molecule has 0 atom stereocenters. The van der Waals surface area contributed by atoms with Crippen LogP contribution in [0.5, 0.6) is 0 Å². The smallest absolute Gasteiger partial charge is 0.0978 e. The van der Waals surface area contributed by atoms with E-state index in [9.17, 15) is 0 Å². The highest BCUT2D eigenvalue weighted by Gasteiger charge is 2.17. The van der Waals surface area contributed by atoms with E-state index in [1.807, 2.05) is 48.8 Å². The Balaban J connectivity index is 1.62. The number of rotatable bonds is 4. The molecule has 3 aromatic carbocycles. The Hall–Kier alpha value is -5.22. The zero-order chi connectivity index (χ0) is 25.3. The molecule has 4 heterocycles. The Labute approximate surface area is 220 Å². The summed E-state index contributed by atoms with van der Waals surface area (Å²) in [7, 11) is 0. The fourth-order valence-electron chi connectivity index (χ4n) is 5.01. The summed E-state index contributed by atoms with van der Waals surface area (Å²) < 4.78 is 0. The summed E-state index contributed by atoms with van der Waals surface area (Å²) in [4.78, 5) is 19.1. The van der Waals surface area contributed by atoms with Crippen LogP contribution in [0.1, 0.15) is 0 Å². The molecule has 4 aromatic heterocycles. The number of hydrogen-bond acceptors (Lipinski definition) is 4. The van der Waals surface area contributed by atoms with Gasteiger partial charge in [0, 0.05) is 46.7 Å². The van der Waals surface area contributed by atoms with E-state index in [0.29, 0.717) is 0 Å². The maximum atomic E-state index is 5.21. The van der Waals surface area contributed by atoms with Crippen LogP contribution in [0.2, 0.25) is 0 Å². The number of nitrogens with zero attached hydrogens (tertiary/aromatic N) is 4. The highest BCUT2D eigenvalue weighted by molar-refractivity contribution is 6.13. The molecule has 0 unspecified atom stereocenters. The summed E-state index contributed by atoms with van der Waals surface area (Å²) in [6, 6.07) is 37.6. The minimum Gasteiger partial charge on any atom is -0.264 e. The molecule has 0 aliphatic rings. The average Bonchev–Trinajstić information content (AvgIpc) is 3.01. The lowest BCUT2D eigenvalue weighted by Gasteiger charge is -2.15. The second-order valence-electron chi connectivity index (χ2n) is 9.18. The Kier molecular flexibility index (Phi) is 5.41. The van der Waals surface area contributed by atoms with E-state index in [0.717, 1.165) is 66.6 Å². The molecule has 4 nitrogen and oxygen atoms in total. The lowest BCUT2D eigenvalue weighted by Crippen LogP contribution is -1.96. The van der Waals surface area contributed by atoms with Crippen LogP contribution < -0.4 is 0 Å². The molecule has 0 N–H and O–H groups in total. The van der Waals surface area contributed by atoms with Crippen LogP contribution in [0.3, 0.4) is 0 Å². The molecule has 0 bridgehead atoms. The number of hydrogen-bond donors (Lipinski definition) is 0. The summed E-state index contributed by atoms with van der Waals surface area (Å²) in [6.07, 6.45) is 7.29. The number of aromatic nitrogens is 4. The van der Waals surface area contributed by atoms with Gasteiger partial charge in [-0.15, -0.1) is 0 Å². The van der Waals surface area contributed by atoms with Gasteiger partial charge < -0.3 is 0 Å². The maximum absolute atomic E-state index is 5.21. The number of pyridine rings is 4. The van der Waals surface area contributed by atoms with Crippen LogP contribution in [0.15, 0.2) is 134 Å². The van der Waals surface area contributed by atoms with E-state index in [2.05, 4.69) is 82.8 Å². The van der Waals surface area contributed by atoms with Crippen LogP contribution in [-0.4, -0.2) is 19.9 Å². The minimum absolute atomic E-state index is 0.866. The van der Waals surface area contributed by atoms with Crippen molar-refractivity contribution < 1.29 is 0 Å². The largest absolute Gasteiger partial charge is 0.264 e. The van der Waals surface area contributed by atoms with Gasteiger partial charge in [-0.1, -0.05) is 72.8 Å². The van der Waals surface area contributed by atoms with E-state index in [1.54, 1.807) is 12.4 Å². The van der Waals surface area contributed by atoms with Crippen molar-refractivity contribution in [3.8, 4) is 44.8 Å². The van der Waals surface area contributed by atoms with Crippen molar-refractivity contribution in [3.63, 3.8) is 0 Å². The third kappa shape index (κ3) is 3.89. The zero-order valence-electron chi connectivity index (χ0n) is 20.5. The second-order valence-corrected chi connectivity index (χ2v) is 9.18. The predicted octanol–water partition coefficient (Wildman–Crippen LogP) is 8.24. The molecule has 0 aliphatic heterocycles. The summed E-state index contributed by atoms with van der Waals surface area (Å²) >= 11 is 0. The Bertz CT molecular complexity index is 1740. The molecular formula is C34H22N4. The van der Waals surface area contributed by atoms with E-state index >= 15 is 0 Å². The molecule has 0 spiro atoms. The first-order valence-corrected chi connectivity index (χ1v) is 12.6. The van der Waals surface area contributed by atoms with Gasteiger partial charge >= 0.3 is 0 Å². The fourth-order valence-corrected chi connectivity index (χ4v) is 5.01. The first-order chi connectivity index (χ1) is 18.8. The predicted molar refractivity (Wildman–Crippen MR) is 154 cm³/mol. The molecule has 0 amide bonds. The molecule has 0 fully saturated rings. The molecule has 38 heavy (non-hydrogen) atoms. The zero-order valence-corrected chi connectivity index (χ0v) is 20.5. The van der Waals surface area contributed by atoms with Crippen molar-refractivity contribution in [1.29, 1.82) is 0 Å². The number of benzene rings is 3. The van der Waals surface area contributed by atoms with Crippen LogP contribution >= 0.6 is 0 Å². The summed E-state index contributed by atoms with van der Waals surface area (Å²) in [5.74, 6) is 0. The van der Waals surface area contributed by atoms with Crippen molar-refractivity contribution in [3.05, 3.63) is 134 Å². The van der Waals surface area contributed by atoms with Crippen LogP contribution in [0, 0.1) is 0 Å². The van der Waals surface area contributed by atoms with Gasteiger partial charge in [-0.2, -0.15) is 0 Å². The quantitative estimate of drug-likeness (QED) is 0.235. The first-order valence-electron chi connectivity index (χ1n) is 12.6. The molecule has 4 heteroatoms. The van der Waals surface area contributed by atoms with Crippen molar-refractivity contribution >= 4 is 21.8 Å². The molecule has 7 aromatic rings. The van der Waals surface area contributed by atoms with Gasteiger partial charge in [0.15, 0.2) is 0 Å². The van der Waals surface area contributed by atoms with Crippen molar-refractivity contribution in [2.24, 2.45) is 0 Å². The molecule has 0 radical (unpaired) electrons. The monoisotopic (exact) mass is 486 g/mol. The highest BCUT2D eigenvalue weighted by atomic mass is 14.8. The van der Waals surface area contributed by atoms with Gasteiger partial charge in [-0.05, 0) is 58.7 Å². The molecule has 7 rings (SSSR count). The van der Waals surface area contributed by atoms with E-state index in [1.165, 1.54) is 0 Å². The van der Waals surface area contributed by atoms with Gasteiger partial charge in [-0.3, -0.25) is 9.97 Å². The summed E-state index contributed by atoms with van der Waals surface area (Å²) in [5.41, 5.74) is 9.91. The average molecular weight is 487 g/mol. The number of fused-ring (bicyclic) bond motifs is 3. The second kappa shape index (κ2) is 9.34. The Morgan fingerprint density at radius 1 is 0.395 bits per heavy atom. The van der Waals surface area contributed by atoms with Gasteiger partial charge in [0.05, 0.1) is 22.4 Å². The van der Waals surface area contributed by atoms with Gasteiger partial charge in [-0.25, -0.2) is 9.97 Å². The molecular weight excluding hydrogens is 464 g/mol. The summed E-state index contributed by atoms with van der Waals surface area (Å²) in [6.45, 7) is 0. The first kappa shape index (κ1) is 22.0. The van der Waals surface area contributed by atoms with E-state index < -0.39 is 0 Å². The van der Waals surface area contributed by atoms with Crippen molar-refractivity contribution in [2.45, 2.75) is 0 Å². The topological polar surface area (TPSA) is 51.6 Å². The molecule has 178 valence electrons. The third-order valence-corrected chi connectivity index (χ3v) is 6.84. The van der Waals surface area contributed by atoms with Crippen LogP contribution in [0.25, 0.3) is 66.6 Å². The van der Waals surface area contributed by atoms with Crippen molar-refractivity contribution in [2.75, 3.05) is 0 Å². The van der Waals surface area contributed by atoms with Crippen LogP contribution in [0.4, 0.5) is 0 Å². The minimum atomic E-state index is 0.866. The standard InChI is InChI=1S/C34H22N4/c1-3-9-23(10-4-1)29-19-31(25-13-7-17-35-21-25)37-33-27(29)15-16-28-30(24-11-5-2-6-12-24)20-32(38-34(28)33)26-14-8-18-36-22-26/h1-22H. The highest BCUT2D eigenvalue weighted by Crippen LogP contribution is 2.39. The third-order valence-electron chi connectivity index (χ3n) is 6.84. The lowest BCUT2D eigenvalue weighted by atomic mass is 9.94. The van der Waals surface area contributed by atoms with Crippen molar-refractivity contribution in [1.82, 2.24) is 19.9 Å². The molecule has 0 aliphatic carbocycles. The van der Waals surface area contributed by atoms with Gasteiger partial charge in [0.2, 0.25) is 0 Å². The SMILES string of the molecule is c1ccc(-c2cc(-c3cccnc3)nc3c2ccc2c(-c4ccccc4)cc(-c4cccnc4)nc23)cc1. The van der Waals surface area contributed by atoms with E-state index in [4.69, 9.17) is 9.97 Å².